The fourth-order valence-electron chi connectivity index (χ4n) is 2.28. The van der Waals surface area contributed by atoms with Crippen molar-refractivity contribution in [3.63, 3.8) is 0 Å². The quantitative estimate of drug-likeness (QED) is 0.355. The molecule has 11 heteroatoms. The molecule has 1 amide bonds. The number of ether oxygens (including phenoxy) is 1. The Balaban J connectivity index is 1.75. The van der Waals surface area contributed by atoms with Gasteiger partial charge in [0.2, 0.25) is 0 Å². The average molecular weight is 421 g/mol. The Kier molecular flexibility index (Phi) is 7.26. The Hall–Kier alpha value is -3.47. The van der Waals surface area contributed by atoms with Crippen molar-refractivity contribution in [3.05, 3.63) is 58.6 Å². The molecule has 10 nitrogen and oxygen atoms in total. The summed E-state index contributed by atoms with van der Waals surface area (Å²) in [6, 6.07) is 11.6. The van der Waals surface area contributed by atoms with Gasteiger partial charge in [0.25, 0.3) is 11.6 Å². The SMILES string of the molecule is CS(=O)(=O)c1ccc(NC(=O)COC(=O)CCNc2ccccc2[N+](=O)[O-])cc1. The summed E-state index contributed by atoms with van der Waals surface area (Å²) in [5.74, 6) is -1.24. The van der Waals surface area contributed by atoms with Gasteiger partial charge in [-0.3, -0.25) is 19.7 Å². The van der Waals surface area contributed by atoms with Crippen LogP contribution >= 0.6 is 0 Å². The number of nitro groups is 1. The topological polar surface area (TPSA) is 145 Å². The summed E-state index contributed by atoms with van der Waals surface area (Å²) in [6.45, 7) is -0.420. The van der Waals surface area contributed by atoms with Gasteiger partial charge in [0.15, 0.2) is 16.4 Å². The molecule has 0 aliphatic rings. The molecule has 0 saturated carbocycles. The molecule has 2 aromatic carbocycles. The van der Waals surface area contributed by atoms with E-state index in [-0.39, 0.29) is 29.2 Å². The number of hydrogen-bond acceptors (Lipinski definition) is 8. The van der Waals surface area contributed by atoms with Crippen molar-refractivity contribution in [2.75, 3.05) is 30.0 Å². The molecular formula is C18H19N3O7S. The highest BCUT2D eigenvalue weighted by molar-refractivity contribution is 7.90. The van der Waals surface area contributed by atoms with Crippen molar-refractivity contribution in [2.45, 2.75) is 11.3 Å². The molecule has 2 N–H and O–H groups in total. The largest absolute Gasteiger partial charge is 0.456 e. The van der Waals surface area contributed by atoms with Crippen LogP contribution in [0.5, 0.6) is 0 Å². The second-order valence-electron chi connectivity index (χ2n) is 5.96. The third-order valence-electron chi connectivity index (χ3n) is 3.68. The number of para-hydroxylation sites is 2. The molecule has 0 radical (unpaired) electrons. The minimum Gasteiger partial charge on any atom is -0.456 e. The zero-order chi connectivity index (χ0) is 21.4. The van der Waals surface area contributed by atoms with Crippen molar-refractivity contribution >= 4 is 38.8 Å². The molecule has 0 saturated heterocycles. The first-order valence-corrected chi connectivity index (χ1v) is 10.3. The first-order chi connectivity index (χ1) is 13.7. The van der Waals surface area contributed by atoms with Gasteiger partial charge < -0.3 is 15.4 Å². The van der Waals surface area contributed by atoms with Gasteiger partial charge >= 0.3 is 5.97 Å². The maximum Gasteiger partial charge on any atom is 0.308 e. The number of sulfone groups is 1. The molecule has 0 heterocycles. The molecule has 0 unspecified atom stereocenters. The summed E-state index contributed by atoms with van der Waals surface area (Å²) in [5.41, 5.74) is 0.527. The number of carbonyl (C=O) groups is 2. The maximum absolute atomic E-state index is 11.8. The number of rotatable bonds is 9. The maximum atomic E-state index is 11.8. The lowest BCUT2D eigenvalue weighted by Crippen LogP contribution is -2.22. The van der Waals surface area contributed by atoms with Gasteiger partial charge in [-0.25, -0.2) is 8.42 Å². The number of anilines is 2. The minimum atomic E-state index is -3.33. The van der Waals surface area contributed by atoms with Gasteiger partial charge in [-0.1, -0.05) is 12.1 Å². The van der Waals surface area contributed by atoms with E-state index >= 15 is 0 Å². The van der Waals surface area contributed by atoms with E-state index in [4.69, 9.17) is 4.74 Å². The predicted molar refractivity (Wildman–Crippen MR) is 105 cm³/mol. The van der Waals surface area contributed by atoms with E-state index < -0.39 is 33.2 Å². The van der Waals surface area contributed by atoms with Crippen molar-refractivity contribution in [1.82, 2.24) is 0 Å². The van der Waals surface area contributed by atoms with Crippen LogP contribution in [0.3, 0.4) is 0 Å². The summed E-state index contributed by atoms with van der Waals surface area (Å²) in [4.78, 5) is 34.0. The third kappa shape index (κ3) is 6.88. The number of esters is 1. The van der Waals surface area contributed by atoms with Crippen LogP contribution in [0, 0.1) is 10.1 Å². The van der Waals surface area contributed by atoms with Crippen molar-refractivity contribution in [1.29, 1.82) is 0 Å². The molecule has 0 fully saturated rings. The van der Waals surface area contributed by atoms with E-state index in [0.29, 0.717) is 5.69 Å². The fraction of sp³-hybridized carbons (Fsp3) is 0.222. The predicted octanol–water partition coefficient (Wildman–Crippen LogP) is 1.98. The summed E-state index contributed by atoms with van der Waals surface area (Å²) in [5, 5.41) is 16.2. The molecule has 0 aromatic heterocycles. The molecular weight excluding hydrogens is 402 g/mol. The standard InChI is InChI=1S/C18H19N3O7S/c1-29(26,27)14-8-6-13(7-9-14)20-17(22)12-28-18(23)10-11-19-15-4-2-3-5-16(15)21(24)25/h2-9,19H,10-12H2,1H3,(H,20,22). The average Bonchev–Trinajstić information content (AvgIpc) is 2.66. The number of hydrogen-bond donors (Lipinski definition) is 2. The molecule has 2 aromatic rings. The van der Waals surface area contributed by atoms with E-state index in [1.54, 1.807) is 6.07 Å². The zero-order valence-corrected chi connectivity index (χ0v) is 16.3. The molecule has 0 spiro atoms. The van der Waals surface area contributed by atoms with E-state index in [1.807, 2.05) is 0 Å². The van der Waals surface area contributed by atoms with Crippen LogP contribution in [0.1, 0.15) is 6.42 Å². The molecule has 0 bridgehead atoms. The van der Waals surface area contributed by atoms with Gasteiger partial charge in [0.1, 0.15) is 5.69 Å². The van der Waals surface area contributed by atoms with E-state index in [1.165, 1.54) is 42.5 Å². The van der Waals surface area contributed by atoms with Crippen LogP contribution in [0.15, 0.2) is 53.4 Å². The van der Waals surface area contributed by atoms with Crippen LogP contribution in [0.4, 0.5) is 17.1 Å². The zero-order valence-electron chi connectivity index (χ0n) is 15.5. The van der Waals surface area contributed by atoms with Crippen molar-refractivity contribution < 1.29 is 27.7 Å². The van der Waals surface area contributed by atoms with Crippen molar-refractivity contribution in [3.8, 4) is 0 Å². The highest BCUT2D eigenvalue weighted by Gasteiger charge is 2.13. The summed E-state index contributed by atoms with van der Waals surface area (Å²) >= 11 is 0. The fourth-order valence-corrected chi connectivity index (χ4v) is 2.91. The number of nitrogens with zero attached hydrogens (tertiary/aromatic N) is 1. The summed E-state index contributed by atoms with van der Waals surface area (Å²) in [7, 11) is -3.33. The van der Waals surface area contributed by atoms with Gasteiger partial charge in [0, 0.05) is 24.6 Å². The number of nitro benzene ring substituents is 1. The molecule has 0 atom stereocenters. The van der Waals surface area contributed by atoms with Gasteiger partial charge in [-0.15, -0.1) is 0 Å². The number of carbonyl (C=O) groups excluding carboxylic acids is 2. The molecule has 0 aliphatic carbocycles. The smallest absolute Gasteiger partial charge is 0.308 e. The number of nitrogens with one attached hydrogen (secondary N) is 2. The van der Waals surface area contributed by atoms with E-state index in [2.05, 4.69) is 10.6 Å². The highest BCUT2D eigenvalue weighted by Crippen LogP contribution is 2.22. The van der Waals surface area contributed by atoms with Crippen LogP contribution < -0.4 is 10.6 Å². The second-order valence-corrected chi connectivity index (χ2v) is 7.97. The van der Waals surface area contributed by atoms with Gasteiger partial charge in [-0.05, 0) is 30.3 Å². The van der Waals surface area contributed by atoms with Crippen LogP contribution in [0.25, 0.3) is 0 Å². The number of benzene rings is 2. The third-order valence-corrected chi connectivity index (χ3v) is 4.80. The minimum absolute atomic E-state index is 0.0949. The molecule has 29 heavy (non-hydrogen) atoms. The first kappa shape index (κ1) is 21.8. The summed E-state index contributed by atoms with van der Waals surface area (Å²) < 4.78 is 27.6. The Morgan fingerprint density at radius 2 is 1.76 bits per heavy atom. The first-order valence-electron chi connectivity index (χ1n) is 8.39. The summed E-state index contributed by atoms with van der Waals surface area (Å²) in [6.07, 6.45) is 0.979. The highest BCUT2D eigenvalue weighted by atomic mass is 32.2. The van der Waals surface area contributed by atoms with E-state index in [9.17, 15) is 28.1 Å². The van der Waals surface area contributed by atoms with Gasteiger partial charge in [-0.2, -0.15) is 0 Å². The Morgan fingerprint density at radius 1 is 1.10 bits per heavy atom. The van der Waals surface area contributed by atoms with Crippen LogP contribution in [-0.4, -0.2) is 44.6 Å². The molecule has 154 valence electrons. The molecule has 2 rings (SSSR count). The van der Waals surface area contributed by atoms with Gasteiger partial charge in [0.05, 0.1) is 16.2 Å². The molecule has 0 aliphatic heterocycles. The Labute approximate surface area is 166 Å². The van der Waals surface area contributed by atoms with Crippen LogP contribution in [0.2, 0.25) is 0 Å². The number of amides is 1. The monoisotopic (exact) mass is 421 g/mol. The lowest BCUT2D eigenvalue weighted by Gasteiger charge is -2.08. The Morgan fingerprint density at radius 3 is 2.38 bits per heavy atom. The second kappa shape index (κ2) is 9.64. The van der Waals surface area contributed by atoms with Crippen LogP contribution in [-0.2, 0) is 24.2 Å². The lowest BCUT2D eigenvalue weighted by molar-refractivity contribution is -0.384. The van der Waals surface area contributed by atoms with E-state index in [0.717, 1.165) is 6.26 Å². The lowest BCUT2D eigenvalue weighted by atomic mass is 10.2. The van der Waals surface area contributed by atoms with Crippen molar-refractivity contribution in [2.24, 2.45) is 0 Å². The Bertz CT molecular complexity index is 1000. The normalized spacial score (nSPS) is 10.8.